The Bertz CT molecular complexity index is 1980. The largest absolute Gasteiger partial charge is 0.478 e. The Morgan fingerprint density at radius 2 is 1.49 bits per heavy atom. The zero-order valence-electron chi connectivity index (χ0n) is 29.5. The molecule has 9 heteroatoms. The summed E-state index contributed by atoms with van der Waals surface area (Å²) in [7, 11) is -3.51. The average Bonchev–Trinajstić information content (AvgIpc) is 3.40. The first kappa shape index (κ1) is 36.8. The SMILES string of the molecule is C[C@@H]1CCC[C@H](C)N1CCS(=O)(=O)NCCc1c(CCCc2ccc(C(=O)O)cc2)c2cc(Cl)ccc2n1C(c1ccccc1)c1ccccc1. The van der Waals surface area contributed by atoms with Gasteiger partial charge in [-0.3, -0.25) is 4.90 Å². The van der Waals surface area contributed by atoms with Crippen molar-refractivity contribution in [1.29, 1.82) is 0 Å². The molecular formula is C42H48ClN3O4S. The molecule has 0 aliphatic carbocycles. The Hall–Kier alpha value is -3.95. The first-order chi connectivity index (χ1) is 24.6. The molecule has 1 aliphatic heterocycles. The van der Waals surface area contributed by atoms with Crippen molar-refractivity contribution in [2.75, 3.05) is 18.8 Å². The lowest BCUT2D eigenvalue weighted by Crippen LogP contribution is -2.46. The van der Waals surface area contributed by atoms with Gasteiger partial charge < -0.3 is 9.67 Å². The number of rotatable bonds is 15. The van der Waals surface area contributed by atoms with Crippen molar-refractivity contribution in [3.05, 3.63) is 142 Å². The van der Waals surface area contributed by atoms with Gasteiger partial charge in [0.05, 0.1) is 17.4 Å². The van der Waals surface area contributed by atoms with Gasteiger partial charge in [-0.05, 0) is 98.5 Å². The van der Waals surface area contributed by atoms with Gasteiger partial charge in [-0.25, -0.2) is 17.9 Å². The molecule has 0 spiro atoms. The number of sulfonamides is 1. The summed E-state index contributed by atoms with van der Waals surface area (Å²) in [5.74, 6) is -0.863. The molecule has 1 aromatic heterocycles. The van der Waals surface area contributed by atoms with Gasteiger partial charge in [0, 0.05) is 53.2 Å². The van der Waals surface area contributed by atoms with E-state index in [1.165, 1.54) is 6.42 Å². The molecular weight excluding hydrogens is 678 g/mol. The average molecular weight is 726 g/mol. The summed E-state index contributed by atoms with van der Waals surface area (Å²) < 4.78 is 32.2. The van der Waals surface area contributed by atoms with Gasteiger partial charge in [0.15, 0.2) is 0 Å². The number of hydrogen-bond acceptors (Lipinski definition) is 4. The molecule has 0 saturated carbocycles. The maximum absolute atomic E-state index is 13.4. The van der Waals surface area contributed by atoms with E-state index in [4.69, 9.17) is 11.6 Å². The topological polar surface area (TPSA) is 91.6 Å². The number of aryl methyl sites for hydroxylation is 2. The molecule has 0 radical (unpaired) electrons. The highest BCUT2D eigenvalue weighted by molar-refractivity contribution is 7.89. The fourth-order valence-corrected chi connectivity index (χ4v) is 9.01. The molecule has 51 heavy (non-hydrogen) atoms. The van der Waals surface area contributed by atoms with Crippen LogP contribution in [0.4, 0.5) is 0 Å². The Balaban J connectivity index is 1.35. The number of carbonyl (C=O) groups is 1. The summed E-state index contributed by atoms with van der Waals surface area (Å²) in [5.41, 5.74) is 6.88. The van der Waals surface area contributed by atoms with Crippen LogP contribution in [0, 0.1) is 0 Å². The van der Waals surface area contributed by atoms with Gasteiger partial charge in [0.1, 0.15) is 0 Å². The number of benzene rings is 4. The zero-order chi connectivity index (χ0) is 36.0. The van der Waals surface area contributed by atoms with E-state index in [1.807, 2.05) is 36.4 Å². The summed E-state index contributed by atoms with van der Waals surface area (Å²) in [4.78, 5) is 13.7. The minimum Gasteiger partial charge on any atom is -0.478 e. The van der Waals surface area contributed by atoms with Crippen LogP contribution in [0.1, 0.15) is 83.9 Å². The van der Waals surface area contributed by atoms with Gasteiger partial charge in [-0.2, -0.15) is 0 Å². The number of carboxylic acids is 1. The van der Waals surface area contributed by atoms with Gasteiger partial charge in [0.2, 0.25) is 10.0 Å². The molecule has 1 fully saturated rings. The Morgan fingerprint density at radius 1 is 0.863 bits per heavy atom. The molecule has 2 heterocycles. The van der Waals surface area contributed by atoms with Crippen LogP contribution in [0.5, 0.6) is 0 Å². The molecule has 5 aromatic rings. The molecule has 0 unspecified atom stereocenters. The van der Waals surface area contributed by atoms with E-state index < -0.39 is 16.0 Å². The van der Waals surface area contributed by atoms with Crippen LogP contribution in [0.25, 0.3) is 10.9 Å². The third-order valence-corrected chi connectivity index (χ3v) is 12.0. The summed E-state index contributed by atoms with van der Waals surface area (Å²) in [6.07, 6.45) is 6.24. The predicted molar refractivity (Wildman–Crippen MR) is 207 cm³/mol. The van der Waals surface area contributed by atoms with E-state index in [0.717, 1.165) is 71.0 Å². The number of fused-ring (bicyclic) bond motifs is 1. The Kier molecular flexibility index (Phi) is 12.0. The molecule has 6 rings (SSSR count). The van der Waals surface area contributed by atoms with Crippen LogP contribution in [0.3, 0.4) is 0 Å². The highest BCUT2D eigenvalue weighted by Gasteiger charge is 2.28. The Labute approximate surface area is 307 Å². The summed E-state index contributed by atoms with van der Waals surface area (Å²) in [5, 5.41) is 11.0. The van der Waals surface area contributed by atoms with Crippen LogP contribution in [-0.4, -0.2) is 59.9 Å². The monoisotopic (exact) mass is 725 g/mol. The van der Waals surface area contributed by atoms with Gasteiger partial charge in [-0.1, -0.05) is 90.8 Å². The summed E-state index contributed by atoms with van der Waals surface area (Å²) in [6.45, 7) is 5.20. The van der Waals surface area contributed by atoms with E-state index in [2.05, 4.69) is 82.6 Å². The second kappa shape index (κ2) is 16.6. The van der Waals surface area contributed by atoms with Gasteiger partial charge in [0.25, 0.3) is 0 Å². The summed E-state index contributed by atoms with van der Waals surface area (Å²) in [6, 6.07) is 34.6. The molecule has 7 nitrogen and oxygen atoms in total. The number of aromatic carboxylic acids is 1. The van der Waals surface area contributed by atoms with Crippen molar-refractivity contribution in [2.45, 2.75) is 76.9 Å². The maximum atomic E-state index is 13.4. The number of nitrogens with zero attached hydrogens (tertiary/aromatic N) is 2. The number of likely N-dealkylation sites (tertiary alicyclic amines) is 1. The van der Waals surface area contributed by atoms with E-state index in [1.54, 1.807) is 12.1 Å². The fraction of sp³-hybridized carbons (Fsp3) is 0.357. The predicted octanol–water partition coefficient (Wildman–Crippen LogP) is 8.53. The first-order valence-corrected chi connectivity index (χ1v) is 20.1. The van der Waals surface area contributed by atoms with E-state index in [-0.39, 0.29) is 23.9 Å². The van der Waals surface area contributed by atoms with Gasteiger partial charge >= 0.3 is 5.97 Å². The lowest BCUT2D eigenvalue weighted by atomic mass is 9.97. The van der Waals surface area contributed by atoms with Crippen molar-refractivity contribution >= 4 is 38.5 Å². The number of carboxylic acid groups (broad SMARTS) is 1. The van der Waals surface area contributed by atoms with Crippen LogP contribution in [0.2, 0.25) is 5.02 Å². The molecule has 2 atom stereocenters. The number of piperidine rings is 1. The van der Waals surface area contributed by atoms with Gasteiger partial charge in [-0.15, -0.1) is 0 Å². The molecule has 2 N–H and O–H groups in total. The van der Waals surface area contributed by atoms with Crippen molar-refractivity contribution in [2.24, 2.45) is 0 Å². The summed E-state index contributed by atoms with van der Waals surface area (Å²) >= 11 is 6.67. The van der Waals surface area contributed by atoms with Crippen molar-refractivity contribution in [1.82, 2.24) is 14.2 Å². The zero-order valence-corrected chi connectivity index (χ0v) is 31.0. The molecule has 268 valence electrons. The first-order valence-electron chi connectivity index (χ1n) is 18.1. The normalized spacial score (nSPS) is 16.9. The maximum Gasteiger partial charge on any atom is 0.335 e. The highest BCUT2D eigenvalue weighted by atomic mass is 35.5. The van der Waals surface area contributed by atoms with Crippen LogP contribution >= 0.6 is 11.6 Å². The third kappa shape index (κ3) is 8.93. The van der Waals surface area contributed by atoms with E-state index >= 15 is 0 Å². The fourth-order valence-electron chi connectivity index (χ4n) is 7.83. The Morgan fingerprint density at radius 3 is 2.10 bits per heavy atom. The van der Waals surface area contributed by atoms with Crippen molar-refractivity contribution in [3.8, 4) is 0 Å². The number of aromatic nitrogens is 1. The minimum atomic E-state index is -3.51. The van der Waals surface area contributed by atoms with E-state index in [9.17, 15) is 18.3 Å². The minimum absolute atomic E-state index is 0.0739. The molecule has 1 aliphatic rings. The number of hydrogen-bond donors (Lipinski definition) is 2. The standard InChI is InChI=1S/C42H48ClN3O4S/c1-30-11-9-12-31(2)45(30)27-28-51(49,50)44-26-25-40-37(18-10-13-32-19-21-35(22-20-32)42(47)48)38-29-36(43)23-24-39(38)46(40)41(33-14-5-3-6-15-33)34-16-7-4-8-17-34/h3-8,14-17,19-24,29-31,41,44H,9-13,18,25-28H2,1-2H3,(H,47,48)/t30-,31+. The number of nitrogens with one attached hydrogen (secondary N) is 1. The lowest BCUT2D eigenvalue weighted by Gasteiger charge is -2.38. The van der Waals surface area contributed by atoms with Crippen LogP contribution < -0.4 is 4.72 Å². The smallest absolute Gasteiger partial charge is 0.335 e. The second-order valence-corrected chi connectivity index (χ2v) is 16.2. The van der Waals surface area contributed by atoms with Crippen LogP contribution in [-0.2, 0) is 29.3 Å². The second-order valence-electron chi connectivity index (χ2n) is 13.9. The molecule has 0 amide bonds. The van der Waals surface area contributed by atoms with Crippen LogP contribution in [0.15, 0.2) is 103 Å². The third-order valence-electron chi connectivity index (χ3n) is 10.4. The van der Waals surface area contributed by atoms with E-state index in [0.29, 0.717) is 30.1 Å². The van der Waals surface area contributed by atoms with Crippen molar-refractivity contribution in [3.63, 3.8) is 0 Å². The highest BCUT2D eigenvalue weighted by Crippen LogP contribution is 2.38. The lowest BCUT2D eigenvalue weighted by molar-refractivity contribution is 0.0697. The quantitative estimate of drug-likeness (QED) is 0.113. The number of halogens is 1. The molecule has 4 aromatic carbocycles. The molecule has 1 saturated heterocycles. The van der Waals surface area contributed by atoms with Crippen molar-refractivity contribution < 1.29 is 18.3 Å². The molecule has 0 bridgehead atoms.